The minimum Gasteiger partial charge on any atom is -0.493 e. The van der Waals surface area contributed by atoms with Gasteiger partial charge in [-0.25, -0.2) is 9.48 Å². The molecule has 9 heteroatoms. The van der Waals surface area contributed by atoms with Crippen LogP contribution in [0.25, 0.3) is 0 Å². The fourth-order valence-electron chi connectivity index (χ4n) is 3.31. The van der Waals surface area contributed by atoms with Crippen molar-refractivity contribution in [2.24, 2.45) is 0 Å². The van der Waals surface area contributed by atoms with Crippen molar-refractivity contribution in [3.63, 3.8) is 0 Å². The van der Waals surface area contributed by atoms with E-state index in [4.69, 9.17) is 14.2 Å². The van der Waals surface area contributed by atoms with Gasteiger partial charge in [-0.15, -0.1) is 0 Å². The number of benzene rings is 1. The lowest BCUT2D eigenvalue weighted by atomic mass is 10.1. The number of carbonyl (C=O) groups is 1. The Morgan fingerprint density at radius 3 is 2.61 bits per heavy atom. The van der Waals surface area contributed by atoms with E-state index in [1.54, 1.807) is 36.9 Å². The number of fused-ring (bicyclic) bond motifs is 1. The third-order valence-electron chi connectivity index (χ3n) is 4.86. The van der Waals surface area contributed by atoms with E-state index in [0.717, 1.165) is 5.56 Å². The molecular weight excluding hydrogens is 364 g/mol. The number of ether oxygens (including phenoxy) is 3. The Bertz CT molecular complexity index is 889. The van der Waals surface area contributed by atoms with E-state index in [9.17, 15) is 9.59 Å². The normalized spacial score (nSPS) is 13.8. The zero-order chi connectivity index (χ0) is 20.1. The molecule has 1 aliphatic rings. The predicted molar refractivity (Wildman–Crippen MR) is 102 cm³/mol. The lowest BCUT2D eigenvalue weighted by Crippen LogP contribution is -2.36. The number of rotatable bonds is 7. The van der Waals surface area contributed by atoms with E-state index in [0.29, 0.717) is 56.5 Å². The first-order chi connectivity index (χ1) is 13.6. The van der Waals surface area contributed by atoms with Gasteiger partial charge in [0.15, 0.2) is 11.5 Å². The molecule has 2 aromatic rings. The van der Waals surface area contributed by atoms with Gasteiger partial charge >= 0.3 is 5.69 Å². The molecule has 0 atom stereocenters. The van der Waals surface area contributed by atoms with Crippen molar-refractivity contribution in [2.75, 3.05) is 41.0 Å². The maximum atomic E-state index is 12.8. The van der Waals surface area contributed by atoms with E-state index < -0.39 is 0 Å². The van der Waals surface area contributed by atoms with Gasteiger partial charge in [-0.3, -0.25) is 9.36 Å². The molecule has 0 bridgehead atoms. The summed E-state index contributed by atoms with van der Waals surface area (Å²) in [5, 5.41) is 4.39. The molecular formula is C19H26N4O5. The molecule has 0 aliphatic carbocycles. The quantitative estimate of drug-likeness (QED) is 0.677. The maximum absolute atomic E-state index is 12.8. The van der Waals surface area contributed by atoms with Gasteiger partial charge in [-0.1, -0.05) is 6.07 Å². The number of aromatic nitrogens is 3. The molecule has 1 aromatic carbocycles. The van der Waals surface area contributed by atoms with Crippen LogP contribution < -0.4 is 15.2 Å². The highest BCUT2D eigenvalue weighted by Crippen LogP contribution is 2.27. The predicted octanol–water partition coefficient (Wildman–Crippen LogP) is 0.336. The van der Waals surface area contributed by atoms with Gasteiger partial charge in [0, 0.05) is 33.2 Å². The lowest BCUT2D eigenvalue weighted by Gasteiger charge is -2.20. The van der Waals surface area contributed by atoms with E-state index in [2.05, 4.69) is 5.10 Å². The van der Waals surface area contributed by atoms with Crippen LogP contribution in [0.5, 0.6) is 11.5 Å². The maximum Gasteiger partial charge on any atom is 0.346 e. The third-order valence-corrected chi connectivity index (χ3v) is 4.86. The number of nitrogens with zero attached hydrogens (tertiary/aromatic N) is 4. The molecule has 1 aromatic heterocycles. The minimum absolute atomic E-state index is 0.0117. The Hall–Kier alpha value is -2.81. The highest BCUT2D eigenvalue weighted by molar-refractivity contribution is 5.79. The minimum atomic E-state index is -0.152. The van der Waals surface area contributed by atoms with Crippen molar-refractivity contribution in [2.45, 2.75) is 25.9 Å². The van der Waals surface area contributed by atoms with Crippen LogP contribution in [0, 0.1) is 0 Å². The molecule has 2 heterocycles. The van der Waals surface area contributed by atoms with Crippen molar-refractivity contribution < 1.29 is 19.0 Å². The highest BCUT2D eigenvalue weighted by atomic mass is 16.5. The smallest absolute Gasteiger partial charge is 0.346 e. The molecule has 0 fully saturated rings. The zero-order valence-electron chi connectivity index (χ0n) is 16.5. The Labute approximate surface area is 163 Å². The monoisotopic (exact) mass is 390 g/mol. The summed E-state index contributed by atoms with van der Waals surface area (Å²) in [7, 11) is 4.74. The zero-order valence-corrected chi connectivity index (χ0v) is 16.5. The summed E-state index contributed by atoms with van der Waals surface area (Å²) in [4.78, 5) is 27.0. The van der Waals surface area contributed by atoms with Crippen LogP contribution in [-0.4, -0.2) is 66.2 Å². The van der Waals surface area contributed by atoms with E-state index in [1.165, 1.54) is 4.68 Å². The van der Waals surface area contributed by atoms with Crippen LogP contribution in [0.4, 0.5) is 0 Å². The summed E-state index contributed by atoms with van der Waals surface area (Å²) in [6.45, 7) is 2.32. The van der Waals surface area contributed by atoms with Crippen molar-refractivity contribution >= 4 is 5.91 Å². The summed E-state index contributed by atoms with van der Waals surface area (Å²) in [6.07, 6.45) is 0.813. The molecule has 1 aliphatic heterocycles. The summed E-state index contributed by atoms with van der Waals surface area (Å²) in [5.74, 6) is 1.95. The number of hydrogen-bond donors (Lipinski definition) is 0. The van der Waals surface area contributed by atoms with E-state index >= 15 is 0 Å². The average molecular weight is 390 g/mol. The van der Waals surface area contributed by atoms with Crippen LogP contribution >= 0.6 is 0 Å². The van der Waals surface area contributed by atoms with Gasteiger partial charge in [0.25, 0.3) is 0 Å². The Morgan fingerprint density at radius 1 is 1.11 bits per heavy atom. The molecule has 0 unspecified atom stereocenters. The first-order valence-corrected chi connectivity index (χ1v) is 9.21. The fraction of sp³-hybridized carbons (Fsp3) is 0.526. The molecule has 3 rings (SSSR count). The molecule has 152 valence electrons. The van der Waals surface area contributed by atoms with Gasteiger partial charge in [0.1, 0.15) is 5.82 Å². The second kappa shape index (κ2) is 8.92. The summed E-state index contributed by atoms with van der Waals surface area (Å²) < 4.78 is 18.6. The number of methoxy groups -OCH3 is 3. The van der Waals surface area contributed by atoms with Crippen molar-refractivity contribution in [1.82, 2.24) is 19.2 Å². The van der Waals surface area contributed by atoms with E-state index in [-0.39, 0.29) is 18.0 Å². The average Bonchev–Trinajstić information content (AvgIpc) is 2.87. The Balaban J connectivity index is 1.66. The highest BCUT2D eigenvalue weighted by Gasteiger charge is 2.22. The third kappa shape index (κ3) is 4.19. The van der Waals surface area contributed by atoms with Gasteiger partial charge in [0.05, 0.1) is 33.8 Å². The molecule has 0 N–H and O–H groups in total. The SMILES string of the molecule is COCCn1nc2n(c1=O)CCN(C(=O)Cc1ccc(OC)c(OC)c1)CC2. The molecule has 9 nitrogen and oxygen atoms in total. The number of carbonyl (C=O) groups excluding carboxylic acids is 1. The van der Waals surface area contributed by atoms with Crippen molar-refractivity contribution in [3.8, 4) is 11.5 Å². The van der Waals surface area contributed by atoms with Crippen LogP contribution in [0.2, 0.25) is 0 Å². The van der Waals surface area contributed by atoms with Crippen molar-refractivity contribution in [1.29, 1.82) is 0 Å². The van der Waals surface area contributed by atoms with Crippen LogP contribution in [0.15, 0.2) is 23.0 Å². The first kappa shape index (κ1) is 19.9. The lowest BCUT2D eigenvalue weighted by molar-refractivity contribution is -0.130. The van der Waals surface area contributed by atoms with Crippen LogP contribution in [0.3, 0.4) is 0 Å². The number of amides is 1. The van der Waals surface area contributed by atoms with Gasteiger partial charge in [-0.2, -0.15) is 5.10 Å². The van der Waals surface area contributed by atoms with Gasteiger partial charge in [-0.05, 0) is 17.7 Å². The van der Waals surface area contributed by atoms with Crippen LogP contribution in [0.1, 0.15) is 11.4 Å². The molecule has 0 saturated carbocycles. The second-order valence-corrected chi connectivity index (χ2v) is 6.56. The Morgan fingerprint density at radius 2 is 1.89 bits per heavy atom. The molecule has 1 amide bonds. The second-order valence-electron chi connectivity index (χ2n) is 6.56. The summed E-state index contributed by atoms with van der Waals surface area (Å²) in [5.41, 5.74) is 0.702. The Kier molecular flexibility index (Phi) is 6.35. The summed E-state index contributed by atoms with van der Waals surface area (Å²) >= 11 is 0. The number of hydrogen-bond acceptors (Lipinski definition) is 6. The fourth-order valence-corrected chi connectivity index (χ4v) is 3.31. The topological polar surface area (TPSA) is 87.8 Å². The van der Waals surface area contributed by atoms with Gasteiger partial charge < -0.3 is 19.1 Å². The molecule has 0 spiro atoms. The van der Waals surface area contributed by atoms with Crippen LogP contribution in [-0.2, 0) is 35.5 Å². The molecule has 0 radical (unpaired) electrons. The summed E-state index contributed by atoms with van der Waals surface area (Å²) in [6, 6.07) is 5.46. The molecule has 0 saturated heterocycles. The standard InChI is InChI=1S/C19H26N4O5/c1-26-11-10-23-19(25)22-9-8-21(7-6-17(22)20-23)18(24)13-14-4-5-15(27-2)16(12-14)28-3/h4-5,12H,6-11,13H2,1-3H3. The molecule has 28 heavy (non-hydrogen) atoms. The van der Waals surface area contributed by atoms with E-state index in [1.807, 2.05) is 12.1 Å². The van der Waals surface area contributed by atoms with Crippen molar-refractivity contribution in [3.05, 3.63) is 40.1 Å². The van der Waals surface area contributed by atoms with Gasteiger partial charge in [0.2, 0.25) is 5.91 Å². The first-order valence-electron chi connectivity index (χ1n) is 9.21. The largest absolute Gasteiger partial charge is 0.493 e.